The Morgan fingerprint density at radius 2 is 1.67 bits per heavy atom. The van der Waals surface area contributed by atoms with Gasteiger partial charge in [0.15, 0.2) is 0 Å². The van der Waals surface area contributed by atoms with Crippen LogP contribution in [-0.4, -0.2) is 53.8 Å². The summed E-state index contributed by atoms with van der Waals surface area (Å²) in [5, 5.41) is 14.5. The molecule has 0 saturated heterocycles. The molecule has 2 amide bonds. The number of carboxylic acid groups (broad SMARTS) is 1. The van der Waals surface area contributed by atoms with Gasteiger partial charge in [0.25, 0.3) is 0 Å². The third-order valence-electron chi connectivity index (χ3n) is 5.89. The van der Waals surface area contributed by atoms with E-state index < -0.39 is 18.1 Å². The Kier molecular flexibility index (Phi) is 8.77. The Morgan fingerprint density at radius 3 is 2.24 bits per heavy atom. The lowest BCUT2D eigenvalue weighted by molar-refractivity contribution is -0.143. The van der Waals surface area contributed by atoms with E-state index in [1.165, 1.54) is 22.9 Å². The molecule has 0 radical (unpaired) electrons. The molecule has 0 bridgehead atoms. The molecule has 0 aromatic heterocycles. The largest absolute Gasteiger partial charge is 0.480 e. The van der Waals surface area contributed by atoms with Gasteiger partial charge in [-0.2, -0.15) is 11.8 Å². The molecule has 0 fully saturated rings. The third-order valence-corrected chi connectivity index (χ3v) is 6.85. The molecular formula is C25H30N2O5S. The van der Waals surface area contributed by atoms with Crippen LogP contribution in [-0.2, 0) is 14.3 Å². The fourth-order valence-corrected chi connectivity index (χ4v) is 4.60. The molecular weight excluding hydrogens is 440 g/mol. The maximum absolute atomic E-state index is 12.2. The molecule has 33 heavy (non-hydrogen) atoms. The zero-order valence-corrected chi connectivity index (χ0v) is 19.7. The molecule has 2 atom stereocenters. The van der Waals surface area contributed by atoms with Crippen molar-refractivity contribution >= 4 is 29.7 Å². The lowest BCUT2D eigenvalue weighted by Crippen LogP contribution is -2.45. The topological polar surface area (TPSA) is 105 Å². The Bertz CT molecular complexity index is 951. The number of alkyl carbamates (subject to hydrolysis) is 1. The maximum Gasteiger partial charge on any atom is 0.407 e. The van der Waals surface area contributed by atoms with E-state index in [9.17, 15) is 19.5 Å². The summed E-state index contributed by atoms with van der Waals surface area (Å²) in [6.45, 7) is 4.28. The number of benzene rings is 2. The van der Waals surface area contributed by atoms with Gasteiger partial charge in [0.2, 0.25) is 5.91 Å². The minimum atomic E-state index is -1.03. The predicted molar refractivity (Wildman–Crippen MR) is 129 cm³/mol. The molecule has 0 spiro atoms. The Balaban J connectivity index is 1.38. The van der Waals surface area contributed by atoms with Crippen molar-refractivity contribution < 1.29 is 24.2 Å². The van der Waals surface area contributed by atoms with Crippen LogP contribution in [0.2, 0.25) is 0 Å². The monoisotopic (exact) mass is 470 g/mol. The lowest BCUT2D eigenvalue weighted by Gasteiger charge is -2.20. The summed E-state index contributed by atoms with van der Waals surface area (Å²) < 4.78 is 5.48. The molecule has 1 aliphatic carbocycles. The Hall–Kier alpha value is -3.00. The summed E-state index contributed by atoms with van der Waals surface area (Å²) in [6.07, 6.45) is 0.165. The van der Waals surface area contributed by atoms with Crippen LogP contribution in [0.5, 0.6) is 0 Å². The molecule has 2 unspecified atom stereocenters. The van der Waals surface area contributed by atoms with Gasteiger partial charge in [-0.3, -0.25) is 4.79 Å². The van der Waals surface area contributed by atoms with Crippen LogP contribution < -0.4 is 10.6 Å². The van der Waals surface area contributed by atoms with Gasteiger partial charge in [-0.05, 0) is 28.2 Å². The fourth-order valence-electron chi connectivity index (χ4n) is 3.94. The second-order valence-electron chi connectivity index (χ2n) is 8.07. The van der Waals surface area contributed by atoms with Crippen molar-refractivity contribution in [2.45, 2.75) is 32.2 Å². The molecule has 3 rings (SSSR count). The highest BCUT2D eigenvalue weighted by Crippen LogP contribution is 2.44. The average molecular weight is 471 g/mol. The van der Waals surface area contributed by atoms with E-state index in [1.54, 1.807) is 6.92 Å². The van der Waals surface area contributed by atoms with E-state index in [0.717, 1.165) is 11.1 Å². The van der Waals surface area contributed by atoms with Crippen molar-refractivity contribution in [3.05, 3.63) is 59.7 Å². The fraction of sp³-hybridized carbons (Fsp3) is 0.400. The highest BCUT2D eigenvalue weighted by atomic mass is 32.2. The second kappa shape index (κ2) is 11.7. The van der Waals surface area contributed by atoms with Gasteiger partial charge in [0.1, 0.15) is 12.6 Å². The van der Waals surface area contributed by atoms with Crippen LogP contribution in [0.4, 0.5) is 4.79 Å². The number of aliphatic carboxylic acids is 1. The summed E-state index contributed by atoms with van der Waals surface area (Å²) in [7, 11) is 0. The minimum Gasteiger partial charge on any atom is -0.480 e. The van der Waals surface area contributed by atoms with Gasteiger partial charge in [0.05, 0.1) is 5.75 Å². The molecule has 2 aromatic rings. The van der Waals surface area contributed by atoms with Crippen molar-refractivity contribution in [1.82, 2.24) is 10.6 Å². The number of thioether (sulfide) groups is 1. The summed E-state index contributed by atoms with van der Waals surface area (Å²) in [5.41, 5.74) is 4.67. The molecule has 0 saturated carbocycles. The third kappa shape index (κ3) is 6.28. The van der Waals surface area contributed by atoms with Crippen LogP contribution in [0.3, 0.4) is 0 Å². The van der Waals surface area contributed by atoms with Gasteiger partial charge in [-0.25, -0.2) is 9.59 Å². The number of hydrogen-bond donors (Lipinski definition) is 3. The number of ether oxygens (including phenoxy) is 1. The minimum absolute atomic E-state index is 0.00825. The average Bonchev–Trinajstić information content (AvgIpc) is 3.14. The SMILES string of the molecule is CCC(C)C(NC(=O)CSCCNC(=O)OCC1c2ccccc2-c2ccccc21)C(=O)O. The van der Waals surface area contributed by atoms with Crippen molar-refractivity contribution in [1.29, 1.82) is 0 Å². The van der Waals surface area contributed by atoms with Crippen molar-refractivity contribution in [2.24, 2.45) is 5.92 Å². The first-order valence-electron chi connectivity index (χ1n) is 11.1. The molecule has 0 aliphatic heterocycles. The number of rotatable bonds is 11. The van der Waals surface area contributed by atoms with E-state index in [1.807, 2.05) is 31.2 Å². The van der Waals surface area contributed by atoms with Crippen LogP contribution in [0.25, 0.3) is 11.1 Å². The number of amides is 2. The highest BCUT2D eigenvalue weighted by molar-refractivity contribution is 7.99. The van der Waals surface area contributed by atoms with E-state index in [4.69, 9.17) is 4.74 Å². The molecule has 7 nitrogen and oxygen atoms in total. The molecule has 2 aromatic carbocycles. The molecule has 3 N–H and O–H groups in total. The van der Waals surface area contributed by atoms with Gasteiger partial charge in [-0.1, -0.05) is 68.8 Å². The van der Waals surface area contributed by atoms with Crippen LogP contribution in [0.1, 0.15) is 37.3 Å². The first kappa shape index (κ1) is 24.6. The number of nitrogens with one attached hydrogen (secondary N) is 2. The Labute approximate surface area is 198 Å². The summed E-state index contributed by atoms with van der Waals surface area (Å²) >= 11 is 1.33. The summed E-state index contributed by atoms with van der Waals surface area (Å²) in [5.74, 6) is -0.847. The van der Waals surface area contributed by atoms with Crippen LogP contribution >= 0.6 is 11.8 Å². The zero-order valence-electron chi connectivity index (χ0n) is 18.9. The van der Waals surface area contributed by atoms with Crippen molar-refractivity contribution in [3.63, 3.8) is 0 Å². The quantitative estimate of drug-likeness (QED) is 0.431. The zero-order chi connectivity index (χ0) is 23.8. The maximum atomic E-state index is 12.2. The number of carbonyl (C=O) groups excluding carboxylic acids is 2. The predicted octanol–water partition coefficient (Wildman–Crippen LogP) is 3.87. The van der Waals surface area contributed by atoms with E-state index in [0.29, 0.717) is 18.7 Å². The second-order valence-corrected chi connectivity index (χ2v) is 9.18. The van der Waals surface area contributed by atoms with Crippen LogP contribution in [0.15, 0.2) is 48.5 Å². The molecule has 8 heteroatoms. The number of hydrogen-bond acceptors (Lipinski definition) is 5. The van der Waals surface area contributed by atoms with E-state index in [-0.39, 0.29) is 30.1 Å². The van der Waals surface area contributed by atoms with Gasteiger partial charge in [0, 0.05) is 18.2 Å². The van der Waals surface area contributed by atoms with E-state index in [2.05, 4.69) is 34.9 Å². The summed E-state index contributed by atoms with van der Waals surface area (Å²) in [6, 6.07) is 15.4. The molecule has 1 aliphatic rings. The number of carboxylic acids is 1. The molecule has 176 valence electrons. The van der Waals surface area contributed by atoms with Crippen molar-refractivity contribution in [3.8, 4) is 11.1 Å². The standard InChI is InChI=1S/C25H30N2O5S/c1-3-16(2)23(24(29)30)27-22(28)15-33-13-12-26-25(31)32-14-21-19-10-6-4-8-17(19)18-9-5-7-11-20(18)21/h4-11,16,21,23H,3,12-15H2,1-2H3,(H,26,31)(H,27,28)(H,29,30). The Morgan fingerprint density at radius 1 is 1.06 bits per heavy atom. The van der Waals surface area contributed by atoms with Crippen molar-refractivity contribution in [2.75, 3.05) is 24.7 Å². The highest BCUT2D eigenvalue weighted by Gasteiger charge is 2.29. The lowest BCUT2D eigenvalue weighted by atomic mass is 9.98. The smallest absolute Gasteiger partial charge is 0.407 e. The summed E-state index contributed by atoms with van der Waals surface area (Å²) in [4.78, 5) is 35.5. The molecule has 0 heterocycles. The number of fused-ring (bicyclic) bond motifs is 3. The normalized spacial score (nSPS) is 14.0. The first-order chi connectivity index (χ1) is 15.9. The van der Waals surface area contributed by atoms with Gasteiger partial charge >= 0.3 is 12.1 Å². The van der Waals surface area contributed by atoms with E-state index >= 15 is 0 Å². The number of carbonyl (C=O) groups is 3. The van der Waals surface area contributed by atoms with Gasteiger partial charge in [-0.15, -0.1) is 0 Å². The first-order valence-corrected chi connectivity index (χ1v) is 12.3. The van der Waals surface area contributed by atoms with Gasteiger partial charge < -0.3 is 20.5 Å². The van der Waals surface area contributed by atoms with Crippen LogP contribution in [0, 0.1) is 5.92 Å².